The number of hydrogen-bond acceptors (Lipinski definition) is 3. The van der Waals surface area contributed by atoms with E-state index >= 15 is 0 Å². The molecule has 6 heteroatoms. The van der Waals surface area contributed by atoms with Crippen LogP contribution in [0.4, 0.5) is 0 Å². The van der Waals surface area contributed by atoms with E-state index in [4.69, 9.17) is 0 Å². The van der Waals surface area contributed by atoms with Crippen LogP contribution in [0.15, 0.2) is 54.1 Å². The molecule has 2 atom stereocenters. The first-order valence-corrected chi connectivity index (χ1v) is 11.5. The van der Waals surface area contributed by atoms with Crippen LogP contribution in [0.2, 0.25) is 0 Å². The minimum Gasteiger partial charge on any atom is -0.361 e. The number of amides is 2. The highest BCUT2D eigenvalue weighted by molar-refractivity contribution is 7.10. The number of fused-ring (bicyclic) bond motifs is 2. The fourth-order valence-corrected chi connectivity index (χ4v) is 5.47. The van der Waals surface area contributed by atoms with Crippen LogP contribution in [0.1, 0.15) is 34.5 Å². The maximum Gasteiger partial charge on any atom is 0.254 e. The second-order valence-corrected chi connectivity index (χ2v) is 9.15. The van der Waals surface area contributed by atoms with Crippen molar-refractivity contribution in [1.82, 2.24) is 14.8 Å². The van der Waals surface area contributed by atoms with Crippen molar-refractivity contribution in [3.8, 4) is 0 Å². The van der Waals surface area contributed by atoms with Gasteiger partial charge in [0.05, 0.1) is 0 Å². The second kappa shape index (κ2) is 8.11. The van der Waals surface area contributed by atoms with E-state index in [-0.39, 0.29) is 17.9 Å². The molecule has 2 fully saturated rings. The first-order valence-electron chi connectivity index (χ1n) is 10.6. The molecule has 2 aliphatic rings. The van der Waals surface area contributed by atoms with Crippen LogP contribution in [0, 0.1) is 5.92 Å². The highest BCUT2D eigenvalue weighted by atomic mass is 32.1. The van der Waals surface area contributed by atoms with Gasteiger partial charge in [0.1, 0.15) is 0 Å². The molecule has 5 nitrogen and oxygen atoms in total. The number of H-pyrrole nitrogens is 1. The molecule has 0 radical (unpaired) electrons. The Bertz CT molecular complexity index is 1090. The van der Waals surface area contributed by atoms with Crippen LogP contribution in [-0.4, -0.2) is 52.3 Å². The van der Waals surface area contributed by atoms with E-state index in [9.17, 15) is 9.59 Å². The van der Waals surface area contributed by atoms with Crippen LogP contribution in [0.3, 0.4) is 0 Å². The molecule has 4 heterocycles. The van der Waals surface area contributed by atoms with Gasteiger partial charge in [0.25, 0.3) is 5.91 Å². The standard InChI is InChI=1S/C24H25N3O2S/c28-23(8-6-20-4-2-14-30-20)26-13-10-22-19(16-26)3-1-12-27(22)24(29)18-5-7-21-17(15-18)9-11-25-21/h2,4-9,11,14-15,19,22,25H,1,3,10,12-13,16H2/b8-6+/t19-,22-/m1/s1. The summed E-state index contributed by atoms with van der Waals surface area (Å²) < 4.78 is 0. The topological polar surface area (TPSA) is 56.4 Å². The number of aromatic amines is 1. The van der Waals surface area contributed by atoms with Gasteiger partial charge in [-0.3, -0.25) is 9.59 Å². The lowest BCUT2D eigenvalue weighted by atomic mass is 9.83. The van der Waals surface area contributed by atoms with E-state index in [0.29, 0.717) is 12.5 Å². The molecule has 0 unspecified atom stereocenters. The van der Waals surface area contributed by atoms with Gasteiger partial charge < -0.3 is 14.8 Å². The molecular formula is C24H25N3O2S. The molecule has 1 aromatic carbocycles. The summed E-state index contributed by atoms with van der Waals surface area (Å²) in [5.41, 5.74) is 1.80. The average Bonchev–Trinajstić information content (AvgIpc) is 3.47. The Morgan fingerprint density at radius 2 is 2.07 bits per heavy atom. The van der Waals surface area contributed by atoms with Gasteiger partial charge in [-0.25, -0.2) is 0 Å². The third kappa shape index (κ3) is 3.67. The summed E-state index contributed by atoms with van der Waals surface area (Å²) in [7, 11) is 0. The molecule has 1 N–H and O–H groups in total. The molecule has 0 saturated carbocycles. The van der Waals surface area contributed by atoms with E-state index in [1.54, 1.807) is 17.4 Å². The van der Waals surface area contributed by atoms with Gasteiger partial charge in [-0.05, 0) is 67.0 Å². The molecule has 154 valence electrons. The molecule has 0 bridgehead atoms. The van der Waals surface area contributed by atoms with Gasteiger partial charge in [0.15, 0.2) is 0 Å². The van der Waals surface area contributed by atoms with Crippen LogP contribution in [-0.2, 0) is 4.79 Å². The molecule has 2 aliphatic heterocycles. The minimum atomic E-state index is 0.0724. The Hall–Kier alpha value is -2.86. The third-order valence-electron chi connectivity index (χ3n) is 6.37. The van der Waals surface area contributed by atoms with Gasteiger partial charge in [0.2, 0.25) is 5.91 Å². The Kier molecular flexibility index (Phi) is 5.17. The van der Waals surface area contributed by atoms with Gasteiger partial charge >= 0.3 is 0 Å². The zero-order chi connectivity index (χ0) is 20.5. The number of likely N-dealkylation sites (tertiary alicyclic amines) is 2. The summed E-state index contributed by atoms with van der Waals surface area (Å²) in [6.07, 6.45) is 8.39. The largest absolute Gasteiger partial charge is 0.361 e. The molecule has 0 aliphatic carbocycles. The molecular weight excluding hydrogens is 394 g/mol. The van der Waals surface area contributed by atoms with Crippen LogP contribution < -0.4 is 0 Å². The second-order valence-electron chi connectivity index (χ2n) is 8.17. The van der Waals surface area contributed by atoms with Crippen molar-refractivity contribution in [2.24, 2.45) is 5.92 Å². The van der Waals surface area contributed by atoms with Crippen LogP contribution >= 0.6 is 11.3 Å². The smallest absolute Gasteiger partial charge is 0.254 e. The lowest BCUT2D eigenvalue weighted by Gasteiger charge is -2.47. The number of hydrogen-bond donors (Lipinski definition) is 1. The lowest BCUT2D eigenvalue weighted by molar-refractivity contribution is -0.129. The van der Waals surface area contributed by atoms with E-state index in [1.165, 1.54) is 0 Å². The summed E-state index contributed by atoms with van der Waals surface area (Å²) in [5, 5.41) is 3.07. The monoisotopic (exact) mass is 419 g/mol. The molecule has 0 spiro atoms. The number of aromatic nitrogens is 1. The van der Waals surface area contributed by atoms with Crippen molar-refractivity contribution >= 4 is 40.1 Å². The SMILES string of the molecule is O=C(/C=C/c1cccs1)N1CC[C@@H]2[C@H](CCCN2C(=O)c2ccc3[nH]ccc3c2)C1. The Balaban J connectivity index is 1.28. The fourth-order valence-electron chi connectivity index (χ4n) is 4.85. The number of thiophene rings is 1. The van der Waals surface area contributed by atoms with Crippen LogP contribution in [0.25, 0.3) is 17.0 Å². The van der Waals surface area contributed by atoms with Crippen molar-refractivity contribution in [3.05, 3.63) is 64.5 Å². The number of benzene rings is 1. The maximum atomic E-state index is 13.3. The predicted molar refractivity (Wildman–Crippen MR) is 120 cm³/mol. The summed E-state index contributed by atoms with van der Waals surface area (Å²) in [4.78, 5) is 34.2. The van der Waals surface area contributed by atoms with Crippen LogP contribution in [0.5, 0.6) is 0 Å². The highest BCUT2D eigenvalue weighted by Gasteiger charge is 2.39. The zero-order valence-corrected chi connectivity index (χ0v) is 17.6. The van der Waals surface area contributed by atoms with Gasteiger partial charge in [-0.15, -0.1) is 11.3 Å². The summed E-state index contributed by atoms with van der Waals surface area (Å²) in [6.45, 7) is 2.24. The maximum absolute atomic E-state index is 13.3. The highest BCUT2D eigenvalue weighted by Crippen LogP contribution is 2.32. The van der Waals surface area contributed by atoms with Gasteiger partial charge in [0, 0.05) is 59.3 Å². The molecule has 2 saturated heterocycles. The number of carbonyl (C=O) groups is 2. The number of piperidine rings is 2. The predicted octanol–water partition coefficient (Wildman–Crippen LogP) is 4.40. The van der Waals surface area contributed by atoms with E-state index in [2.05, 4.69) is 9.88 Å². The van der Waals surface area contributed by atoms with Crippen molar-refractivity contribution < 1.29 is 9.59 Å². The van der Waals surface area contributed by atoms with E-state index < -0.39 is 0 Å². The first kappa shape index (κ1) is 19.1. The summed E-state index contributed by atoms with van der Waals surface area (Å²) in [5.74, 6) is 0.542. The summed E-state index contributed by atoms with van der Waals surface area (Å²) >= 11 is 1.63. The lowest BCUT2D eigenvalue weighted by Crippen LogP contribution is -2.56. The molecule has 2 amide bonds. The van der Waals surface area contributed by atoms with Gasteiger partial charge in [-0.2, -0.15) is 0 Å². The number of rotatable bonds is 3. The Morgan fingerprint density at radius 1 is 1.13 bits per heavy atom. The van der Waals surface area contributed by atoms with Gasteiger partial charge in [-0.1, -0.05) is 6.07 Å². The van der Waals surface area contributed by atoms with Crippen molar-refractivity contribution in [3.63, 3.8) is 0 Å². The van der Waals surface area contributed by atoms with E-state index in [1.807, 2.05) is 59.0 Å². The van der Waals surface area contributed by atoms with E-state index in [0.717, 1.165) is 53.7 Å². The quantitative estimate of drug-likeness (QED) is 0.640. The number of nitrogens with one attached hydrogen (secondary N) is 1. The first-order chi connectivity index (χ1) is 14.7. The molecule has 30 heavy (non-hydrogen) atoms. The van der Waals surface area contributed by atoms with Crippen molar-refractivity contribution in [2.45, 2.75) is 25.3 Å². The molecule has 5 rings (SSSR count). The van der Waals surface area contributed by atoms with Crippen molar-refractivity contribution in [2.75, 3.05) is 19.6 Å². The molecule has 2 aromatic heterocycles. The Morgan fingerprint density at radius 3 is 2.93 bits per heavy atom. The zero-order valence-electron chi connectivity index (χ0n) is 16.8. The third-order valence-corrected chi connectivity index (χ3v) is 7.21. The minimum absolute atomic E-state index is 0.0724. The molecule has 3 aromatic rings. The Labute approximate surface area is 180 Å². The number of nitrogens with zero attached hydrogens (tertiary/aromatic N) is 2. The fraction of sp³-hybridized carbons (Fsp3) is 0.333. The summed E-state index contributed by atoms with van der Waals surface area (Å²) in [6, 6.07) is 12.1. The normalized spacial score (nSPS) is 21.9. The average molecular weight is 420 g/mol. The number of carbonyl (C=O) groups excluding carboxylic acids is 2. The van der Waals surface area contributed by atoms with Crippen molar-refractivity contribution in [1.29, 1.82) is 0 Å².